The molecule has 1 rings (SSSR count). The Morgan fingerprint density at radius 1 is 1.75 bits per heavy atom. The van der Waals surface area contributed by atoms with Crippen LogP contribution in [0.2, 0.25) is 0 Å². The molecule has 0 bridgehead atoms. The summed E-state index contributed by atoms with van der Waals surface area (Å²) in [7, 11) is 0. The second-order valence-corrected chi connectivity index (χ2v) is 2.28. The number of amides is 1. The van der Waals surface area contributed by atoms with Gasteiger partial charge in [-0.1, -0.05) is 0 Å². The van der Waals surface area contributed by atoms with E-state index in [9.17, 15) is 4.79 Å². The topological polar surface area (TPSA) is 20.3 Å². The van der Waals surface area contributed by atoms with Crippen LogP contribution in [0.25, 0.3) is 0 Å². The summed E-state index contributed by atoms with van der Waals surface area (Å²) >= 11 is 0. The van der Waals surface area contributed by atoms with Crippen LogP contribution in [0.5, 0.6) is 0 Å². The van der Waals surface area contributed by atoms with E-state index in [-0.39, 0.29) is 0 Å². The molecule has 1 aliphatic rings. The largest absolute Gasteiger partial charge is 0.332 e. The second kappa shape index (κ2) is 2.16. The van der Waals surface area contributed by atoms with Crippen LogP contribution in [0.4, 0.5) is 0 Å². The standard InChI is InChI=1S/C6H10NO/c1-6-3-2-4-7(6)5-8/h6H,2-4H2,1H3. The molecule has 1 aliphatic heterocycles. The molecule has 1 unspecified atom stereocenters. The summed E-state index contributed by atoms with van der Waals surface area (Å²) in [5.41, 5.74) is 0. The van der Waals surface area contributed by atoms with Gasteiger partial charge in [-0.3, -0.25) is 4.79 Å². The van der Waals surface area contributed by atoms with Crippen LogP contribution in [0.15, 0.2) is 0 Å². The van der Waals surface area contributed by atoms with Gasteiger partial charge in [-0.15, -0.1) is 0 Å². The molecule has 0 aliphatic carbocycles. The first-order valence-electron chi connectivity index (χ1n) is 2.99. The fraction of sp³-hybridized carbons (Fsp3) is 0.833. The number of hydrogen-bond donors (Lipinski definition) is 0. The molecule has 1 heterocycles. The molecule has 0 aromatic rings. The first kappa shape index (κ1) is 5.60. The maximum absolute atomic E-state index is 10.0. The molecule has 2 nitrogen and oxygen atoms in total. The van der Waals surface area contributed by atoms with Crippen molar-refractivity contribution >= 4 is 6.41 Å². The zero-order valence-electron chi connectivity index (χ0n) is 5.05. The van der Waals surface area contributed by atoms with E-state index >= 15 is 0 Å². The molecule has 0 N–H and O–H groups in total. The maximum atomic E-state index is 10.0. The van der Waals surface area contributed by atoms with Gasteiger partial charge >= 0.3 is 6.41 Å². The third-order valence-corrected chi connectivity index (χ3v) is 1.67. The average molecular weight is 112 g/mol. The summed E-state index contributed by atoms with van der Waals surface area (Å²) < 4.78 is 0. The molecule has 1 saturated heterocycles. The molecule has 0 saturated carbocycles. The number of carbonyl (C=O) groups excluding carboxylic acids is 1. The Labute approximate surface area is 49.5 Å². The first-order chi connectivity index (χ1) is 3.84. The molecular formula is C6H10NO. The number of rotatable bonds is 1. The summed E-state index contributed by atoms with van der Waals surface area (Å²) in [4.78, 5) is 11.7. The van der Waals surface area contributed by atoms with Crippen molar-refractivity contribution in [1.82, 2.24) is 4.90 Å². The zero-order valence-corrected chi connectivity index (χ0v) is 5.05. The molecule has 0 spiro atoms. The highest BCUT2D eigenvalue weighted by Crippen LogP contribution is 2.12. The van der Waals surface area contributed by atoms with Crippen LogP contribution in [0.1, 0.15) is 19.8 Å². The van der Waals surface area contributed by atoms with Gasteiger partial charge in [-0.25, -0.2) is 0 Å². The van der Waals surface area contributed by atoms with Gasteiger partial charge in [-0.05, 0) is 19.8 Å². The smallest absolute Gasteiger partial charge is 0.312 e. The molecule has 1 radical (unpaired) electrons. The molecule has 0 aromatic carbocycles. The highest BCUT2D eigenvalue weighted by Gasteiger charge is 2.17. The summed E-state index contributed by atoms with van der Waals surface area (Å²) in [5.74, 6) is 0. The van der Waals surface area contributed by atoms with Crippen molar-refractivity contribution in [3.63, 3.8) is 0 Å². The molecule has 1 fully saturated rings. The Morgan fingerprint density at radius 2 is 2.50 bits per heavy atom. The lowest BCUT2D eigenvalue weighted by atomic mass is 10.2. The average Bonchev–Trinajstić information content (AvgIpc) is 2.14. The fourth-order valence-electron chi connectivity index (χ4n) is 1.07. The Kier molecular flexibility index (Phi) is 1.51. The van der Waals surface area contributed by atoms with Gasteiger partial charge in [0, 0.05) is 12.6 Å². The SMILES string of the molecule is CC1CCCN1[C]=O. The number of nitrogens with zero attached hydrogens (tertiary/aromatic N) is 1. The quantitative estimate of drug-likeness (QED) is 0.484. The van der Waals surface area contributed by atoms with Crippen molar-refractivity contribution in [2.75, 3.05) is 6.54 Å². The summed E-state index contributed by atoms with van der Waals surface area (Å²) in [6.07, 6.45) is 4.19. The lowest BCUT2D eigenvalue weighted by Crippen LogP contribution is -2.24. The van der Waals surface area contributed by atoms with Crippen molar-refractivity contribution in [1.29, 1.82) is 0 Å². The van der Waals surface area contributed by atoms with Crippen LogP contribution in [0.3, 0.4) is 0 Å². The minimum Gasteiger partial charge on any atom is -0.332 e. The minimum atomic E-state index is 0.437. The molecule has 0 aromatic heterocycles. The van der Waals surface area contributed by atoms with Gasteiger partial charge in [0.2, 0.25) is 0 Å². The maximum Gasteiger partial charge on any atom is 0.312 e. The molecular weight excluding hydrogens is 102 g/mol. The normalized spacial score (nSPS) is 28.6. The van der Waals surface area contributed by atoms with Crippen LogP contribution < -0.4 is 0 Å². The van der Waals surface area contributed by atoms with Crippen molar-refractivity contribution in [2.24, 2.45) is 0 Å². The van der Waals surface area contributed by atoms with E-state index < -0.39 is 0 Å². The van der Waals surface area contributed by atoms with Crippen LogP contribution in [0, 0.1) is 0 Å². The first-order valence-corrected chi connectivity index (χ1v) is 2.99. The minimum absolute atomic E-state index is 0.437. The molecule has 8 heavy (non-hydrogen) atoms. The van der Waals surface area contributed by atoms with Crippen molar-refractivity contribution in [3.05, 3.63) is 0 Å². The summed E-state index contributed by atoms with van der Waals surface area (Å²) in [6, 6.07) is 0.437. The zero-order chi connectivity index (χ0) is 5.98. The Bertz CT molecular complexity index is 92.5. The lowest BCUT2D eigenvalue weighted by molar-refractivity contribution is 0.376. The Hall–Kier alpha value is -0.530. The van der Waals surface area contributed by atoms with Crippen LogP contribution in [-0.4, -0.2) is 23.9 Å². The van der Waals surface area contributed by atoms with E-state index in [1.165, 1.54) is 0 Å². The van der Waals surface area contributed by atoms with Gasteiger partial charge in [-0.2, -0.15) is 0 Å². The van der Waals surface area contributed by atoms with E-state index in [0.29, 0.717) is 6.04 Å². The van der Waals surface area contributed by atoms with Crippen LogP contribution >= 0.6 is 0 Å². The van der Waals surface area contributed by atoms with E-state index in [1.54, 1.807) is 4.90 Å². The highest BCUT2D eigenvalue weighted by molar-refractivity contribution is 5.49. The third-order valence-electron chi connectivity index (χ3n) is 1.67. The third kappa shape index (κ3) is 0.831. The van der Waals surface area contributed by atoms with E-state index in [4.69, 9.17) is 0 Å². The van der Waals surface area contributed by atoms with Crippen molar-refractivity contribution < 1.29 is 4.79 Å². The van der Waals surface area contributed by atoms with Gasteiger partial charge in [0.1, 0.15) is 0 Å². The van der Waals surface area contributed by atoms with Gasteiger partial charge in [0.25, 0.3) is 0 Å². The summed E-state index contributed by atoms with van der Waals surface area (Å²) in [6.45, 7) is 2.96. The molecule has 45 valence electrons. The summed E-state index contributed by atoms with van der Waals surface area (Å²) in [5, 5.41) is 0. The van der Waals surface area contributed by atoms with Crippen molar-refractivity contribution in [2.45, 2.75) is 25.8 Å². The van der Waals surface area contributed by atoms with Gasteiger partial charge < -0.3 is 4.90 Å². The Balaban J connectivity index is 2.41. The second-order valence-electron chi connectivity index (χ2n) is 2.28. The highest BCUT2D eigenvalue weighted by atomic mass is 16.1. The van der Waals surface area contributed by atoms with Gasteiger partial charge in [0.15, 0.2) is 0 Å². The van der Waals surface area contributed by atoms with Crippen LogP contribution in [-0.2, 0) is 4.79 Å². The number of hydrogen-bond acceptors (Lipinski definition) is 1. The van der Waals surface area contributed by atoms with E-state index in [0.717, 1.165) is 19.4 Å². The monoisotopic (exact) mass is 112 g/mol. The predicted octanol–water partition coefficient (Wildman–Crippen LogP) is 0.538. The Morgan fingerprint density at radius 3 is 2.75 bits per heavy atom. The fourth-order valence-corrected chi connectivity index (χ4v) is 1.07. The number of likely N-dealkylation sites (tertiary alicyclic amines) is 1. The van der Waals surface area contributed by atoms with Crippen molar-refractivity contribution in [3.8, 4) is 0 Å². The van der Waals surface area contributed by atoms with Gasteiger partial charge in [0.05, 0.1) is 0 Å². The molecule has 2 heteroatoms. The van der Waals surface area contributed by atoms with E-state index in [2.05, 4.69) is 6.92 Å². The van der Waals surface area contributed by atoms with E-state index in [1.807, 2.05) is 6.41 Å². The predicted molar refractivity (Wildman–Crippen MR) is 31.1 cm³/mol. The molecule has 1 atom stereocenters. The lowest BCUT2D eigenvalue weighted by Gasteiger charge is -2.11. The molecule has 1 amide bonds.